The van der Waals surface area contributed by atoms with Gasteiger partial charge >= 0.3 is 12.1 Å². The van der Waals surface area contributed by atoms with Gasteiger partial charge in [-0.25, -0.2) is 9.18 Å². The maximum Gasteiger partial charge on any atom is 0.417 e. The molecule has 0 aliphatic heterocycles. The fourth-order valence-corrected chi connectivity index (χ4v) is 2.78. The molecule has 0 unspecified atom stereocenters. The van der Waals surface area contributed by atoms with Crippen molar-refractivity contribution in [3.8, 4) is 22.3 Å². The molecule has 0 fully saturated rings. The standard InChI is InChI=1S/C20H12F4O2/c21-14-5-3-4-12(10-14)16-9-8-13(11-18(16)20(22,23)24)15-6-1-2-7-17(15)19(25)26/h1-11H,(H,25,26). The van der Waals surface area contributed by atoms with Crippen LogP contribution in [0, 0.1) is 5.82 Å². The van der Waals surface area contributed by atoms with Gasteiger partial charge in [0.2, 0.25) is 0 Å². The van der Waals surface area contributed by atoms with Gasteiger partial charge in [-0.1, -0.05) is 42.5 Å². The Morgan fingerprint density at radius 3 is 2.15 bits per heavy atom. The molecule has 0 amide bonds. The molecular formula is C20H12F4O2. The number of hydrogen-bond donors (Lipinski definition) is 1. The van der Waals surface area contributed by atoms with Crippen molar-refractivity contribution in [3.05, 3.63) is 83.7 Å². The van der Waals surface area contributed by atoms with Gasteiger partial charge in [-0.05, 0) is 46.5 Å². The maximum atomic E-state index is 13.6. The first-order valence-corrected chi connectivity index (χ1v) is 7.57. The molecule has 1 N–H and O–H groups in total. The van der Waals surface area contributed by atoms with Gasteiger partial charge < -0.3 is 5.11 Å². The van der Waals surface area contributed by atoms with Crippen LogP contribution in [-0.2, 0) is 6.18 Å². The lowest BCUT2D eigenvalue weighted by Crippen LogP contribution is -2.08. The largest absolute Gasteiger partial charge is 0.478 e. The van der Waals surface area contributed by atoms with Crippen molar-refractivity contribution in [3.63, 3.8) is 0 Å². The third-order valence-corrected chi connectivity index (χ3v) is 3.93. The van der Waals surface area contributed by atoms with Crippen LogP contribution >= 0.6 is 0 Å². The van der Waals surface area contributed by atoms with E-state index in [0.29, 0.717) is 0 Å². The highest BCUT2D eigenvalue weighted by Gasteiger charge is 2.34. The summed E-state index contributed by atoms with van der Waals surface area (Å²) in [5, 5.41) is 9.26. The first-order valence-electron chi connectivity index (χ1n) is 7.57. The molecular weight excluding hydrogens is 348 g/mol. The zero-order chi connectivity index (χ0) is 18.9. The molecule has 0 aliphatic rings. The minimum absolute atomic E-state index is 0.0930. The average molecular weight is 360 g/mol. The summed E-state index contributed by atoms with van der Waals surface area (Å²) in [6, 6.07) is 14.2. The summed E-state index contributed by atoms with van der Waals surface area (Å²) in [5.41, 5.74) is -0.837. The van der Waals surface area contributed by atoms with E-state index in [-0.39, 0.29) is 27.8 Å². The van der Waals surface area contributed by atoms with Crippen LogP contribution in [0.25, 0.3) is 22.3 Å². The molecule has 3 aromatic rings. The van der Waals surface area contributed by atoms with Gasteiger partial charge in [-0.3, -0.25) is 0 Å². The first kappa shape index (κ1) is 17.7. The predicted octanol–water partition coefficient (Wildman–Crippen LogP) is 5.88. The Balaban J connectivity index is 2.22. The summed E-state index contributed by atoms with van der Waals surface area (Å²) in [4.78, 5) is 11.3. The van der Waals surface area contributed by atoms with Gasteiger partial charge in [0.15, 0.2) is 0 Å². The van der Waals surface area contributed by atoms with Crippen molar-refractivity contribution in [2.75, 3.05) is 0 Å². The smallest absolute Gasteiger partial charge is 0.417 e. The van der Waals surface area contributed by atoms with Gasteiger partial charge in [0.05, 0.1) is 11.1 Å². The van der Waals surface area contributed by atoms with Crippen LogP contribution in [-0.4, -0.2) is 11.1 Å². The average Bonchev–Trinajstić information content (AvgIpc) is 2.60. The Kier molecular flexibility index (Phi) is 4.50. The zero-order valence-electron chi connectivity index (χ0n) is 13.2. The van der Waals surface area contributed by atoms with Gasteiger partial charge in [0, 0.05) is 0 Å². The summed E-state index contributed by atoms with van der Waals surface area (Å²) in [6.07, 6.45) is -4.68. The third-order valence-electron chi connectivity index (χ3n) is 3.93. The minimum Gasteiger partial charge on any atom is -0.478 e. The Morgan fingerprint density at radius 1 is 0.808 bits per heavy atom. The van der Waals surface area contributed by atoms with Crippen LogP contribution in [0.3, 0.4) is 0 Å². The molecule has 0 saturated heterocycles. The molecule has 2 nitrogen and oxygen atoms in total. The fourth-order valence-electron chi connectivity index (χ4n) is 2.78. The molecule has 0 bridgehead atoms. The van der Waals surface area contributed by atoms with Crippen LogP contribution in [0.15, 0.2) is 66.7 Å². The van der Waals surface area contributed by atoms with E-state index in [1.54, 1.807) is 6.07 Å². The van der Waals surface area contributed by atoms with E-state index >= 15 is 0 Å². The SMILES string of the molecule is O=C(O)c1ccccc1-c1ccc(-c2cccc(F)c2)c(C(F)(F)F)c1. The van der Waals surface area contributed by atoms with E-state index < -0.39 is 23.5 Å². The number of benzene rings is 3. The number of hydrogen-bond acceptors (Lipinski definition) is 1. The maximum absolute atomic E-state index is 13.6. The van der Waals surface area contributed by atoms with E-state index in [0.717, 1.165) is 18.2 Å². The van der Waals surface area contributed by atoms with Crippen molar-refractivity contribution in [2.45, 2.75) is 6.18 Å². The van der Waals surface area contributed by atoms with Crippen LogP contribution in [0.2, 0.25) is 0 Å². The lowest BCUT2D eigenvalue weighted by molar-refractivity contribution is -0.137. The second-order valence-corrected chi connectivity index (χ2v) is 5.62. The van der Waals surface area contributed by atoms with Crippen LogP contribution in [0.4, 0.5) is 17.6 Å². The highest BCUT2D eigenvalue weighted by atomic mass is 19.4. The topological polar surface area (TPSA) is 37.3 Å². The molecule has 3 rings (SSSR count). The number of carboxylic acids is 1. The summed E-state index contributed by atoms with van der Waals surface area (Å²) < 4.78 is 54.2. The number of rotatable bonds is 3. The lowest BCUT2D eigenvalue weighted by atomic mass is 9.92. The summed E-state index contributed by atoms with van der Waals surface area (Å²) in [7, 11) is 0. The molecule has 3 aromatic carbocycles. The second kappa shape index (κ2) is 6.63. The van der Waals surface area contributed by atoms with Gasteiger partial charge in [0.1, 0.15) is 5.82 Å². The molecule has 26 heavy (non-hydrogen) atoms. The zero-order valence-corrected chi connectivity index (χ0v) is 13.2. The van der Waals surface area contributed by atoms with Crippen molar-refractivity contribution in [2.24, 2.45) is 0 Å². The van der Waals surface area contributed by atoms with E-state index in [4.69, 9.17) is 0 Å². The highest BCUT2D eigenvalue weighted by Crippen LogP contribution is 2.40. The van der Waals surface area contributed by atoms with Gasteiger partial charge in [0.25, 0.3) is 0 Å². The number of carbonyl (C=O) groups is 1. The summed E-state index contributed by atoms with van der Waals surface area (Å²) in [6.45, 7) is 0. The van der Waals surface area contributed by atoms with Crippen LogP contribution < -0.4 is 0 Å². The van der Waals surface area contributed by atoms with Crippen molar-refractivity contribution < 1.29 is 27.5 Å². The second-order valence-electron chi connectivity index (χ2n) is 5.62. The molecule has 0 atom stereocenters. The normalized spacial score (nSPS) is 11.4. The lowest BCUT2D eigenvalue weighted by Gasteiger charge is -2.16. The number of carboxylic acid groups (broad SMARTS) is 1. The van der Waals surface area contributed by atoms with Crippen LogP contribution in [0.5, 0.6) is 0 Å². The molecule has 6 heteroatoms. The number of alkyl halides is 3. The van der Waals surface area contributed by atoms with Crippen LogP contribution in [0.1, 0.15) is 15.9 Å². The number of aromatic carboxylic acids is 1. The molecule has 0 aromatic heterocycles. The molecule has 0 heterocycles. The van der Waals surface area contributed by atoms with E-state index in [1.807, 2.05) is 0 Å². The Labute approximate surface area is 146 Å². The highest BCUT2D eigenvalue weighted by molar-refractivity contribution is 5.96. The van der Waals surface area contributed by atoms with E-state index in [1.165, 1.54) is 42.5 Å². The van der Waals surface area contributed by atoms with Gasteiger partial charge in [-0.15, -0.1) is 0 Å². The quantitative estimate of drug-likeness (QED) is 0.593. The van der Waals surface area contributed by atoms with Crippen molar-refractivity contribution >= 4 is 5.97 Å². The number of halogens is 4. The predicted molar refractivity (Wildman–Crippen MR) is 89.2 cm³/mol. The van der Waals surface area contributed by atoms with Crippen molar-refractivity contribution in [1.82, 2.24) is 0 Å². The van der Waals surface area contributed by atoms with Crippen molar-refractivity contribution in [1.29, 1.82) is 0 Å². The van der Waals surface area contributed by atoms with E-state index in [2.05, 4.69) is 0 Å². The Bertz CT molecular complexity index is 978. The monoisotopic (exact) mass is 360 g/mol. The molecule has 132 valence electrons. The Hall–Kier alpha value is -3.15. The first-order chi connectivity index (χ1) is 12.3. The van der Waals surface area contributed by atoms with Gasteiger partial charge in [-0.2, -0.15) is 13.2 Å². The summed E-state index contributed by atoms with van der Waals surface area (Å²) >= 11 is 0. The fraction of sp³-hybridized carbons (Fsp3) is 0.0500. The molecule has 0 saturated carbocycles. The molecule has 0 aliphatic carbocycles. The third kappa shape index (κ3) is 3.44. The Morgan fingerprint density at radius 2 is 1.50 bits per heavy atom. The van der Waals surface area contributed by atoms with E-state index in [9.17, 15) is 27.5 Å². The summed E-state index contributed by atoms with van der Waals surface area (Å²) in [5.74, 6) is -1.88. The minimum atomic E-state index is -4.68. The molecule has 0 spiro atoms. The molecule has 0 radical (unpaired) electrons.